The summed E-state index contributed by atoms with van der Waals surface area (Å²) in [4.78, 5) is 7.78. The van der Waals surface area contributed by atoms with Crippen LogP contribution in [0.2, 0.25) is 0 Å². The molecule has 0 saturated heterocycles. The van der Waals surface area contributed by atoms with E-state index in [1.807, 2.05) is 0 Å². The predicted octanol–water partition coefficient (Wildman–Crippen LogP) is -0.198. The van der Waals surface area contributed by atoms with Crippen LogP contribution in [0.1, 0.15) is 5.69 Å². The van der Waals surface area contributed by atoms with Crippen LogP contribution in [-0.2, 0) is 0 Å². The Kier molecular flexibility index (Phi) is 2.00. The van der Waals surface area contributed by atoms with Gasteiger partial charge in [0.1, 0.15) is 11.5 Å². The summed E-state index contributed by atoms with van der Waals surface area (Å²) in [6.45, 7) is 0. The van der Waals surface area contributed by atoms with Crippen molar-refractivity contribution in [2.75, 3.05) is 12.4 Å². The summed E-state index contributed by atoms with van der Waals surface area (Å²) < 4.78 is 0. The molecule has 1 heterocycles. The summed E-state index contributed by atoms with van der Waals surface area (Å²) in [6, 6.07) is 1.59. The number of nitrogens with zero attached hydrogens (tertiary/aromatic N) is 2. The van der Waals surface area contributed by atoms with Crippen LogP contribution >= 0.6 is 0 Å². The molecular formula is C6H9N5. The first-order chi connectivity index (χ1) is 5.24. The SMILES string of the molecule is CNc1nccc(C(=N)N)n1. The number of nitrogen functional groups attached to an aromatic ring is 1. The van der Waals surface area contributed by atoms with E-state index < -0.39 is 0 Å². The van der Waals surface area contributed by atoms with Gasteiger partial charge in [0.05, 0.1) is 0 Å². The molecule has 1 aromatic heterocycles. The lowest BCUT2D eigenvalue weighted by Crippen LogP contribution is -2.14. The molecule has 4 N–H and O–H groups in total. The molecule has 11 heavy (non-hydrogen) atoms. The maximum absolute atomic E-state index is 7.07. The minimum atomic E-state index is -0.0519. The first kappa shape index (κ1) is 7.46. The molecule has 58 valence electrons. The van der Waals surface area contributed by atoms with Crippen LogP contribution in [0.25, 0.3) is 0 Å². The van der Waals surface area contributed by atoms with Crippen molar-refractivity contribution in [2.45, 2.75) is 0 Å². The van der Waals surface area contributed by atoms with Gasteiger partial charge < -0.3 is 11.1 Å². The standard InChI is InChI=1S/C6H9N5/c1-9-6-10-3-2-4(11-6)5(7)8/h2-3H,1H3,(H3,7,8)(H,9,10,11). The lowest BCUT2D eigenvalue weighted by Gasteiger charge is -1.99. The molecule has 0 fully saturated rings. The van der Waals surface area contributed by atoms with Crippen LogP contribution < -0.4 is 11.1 Å². The molecular weight excluding hydrogens is 142 g/mol. The molecule has 0 aliphatic carbocycles. The fourth-order valence-corrected chi connectivity index (χ4v) is 0.629. The molecule has 0 aliphatic heterocycles. The summed E-state index contributed by atoms with van der Waals surface area (Å²) in [7, 11) is 1.71. The summed E-state index contributed by atoms with van der Waals surface area (Å²) in [5.41, 5.74) is 5.64. The van der Waals surface area contributed by atoms with Crippen LogP contribution in [0.15, 0.2) is 12.3 Å². The van der Waals surface area contributed by atoms with Gasteiger partial charge in [-0.25, -0.2) is 9.97 Å². The number of hydrogen-bond acceptors (Lipinski definition) is 4. The number of aromatic nitrogens is 2. The van der Waals surface area contributed by atoms with Gasteiger partial charge in [0.25, 0.3) is 0 Å². The van der Waals surface area contributed by atoms with E-state index in [-0.39, 0.29) is 5.84 Å². The lowest BCUT2D eigenvalue weighted by atomic mass is 10.4. The number of nitrogens with one attached hydrogen (secondary N) is 2. The van der Waals surface area contributed by atoms with E-state index in [0.717, 1.165) is 0 Å². The van der Waals surface area contributed by atoms with E-state index in [0.29, 0.717) is 11.6 Å². The molecule has 0 amide bonds. The minimum absolute atomic E-state index is 0.0519. The topological polar surface area (TPSA) is 87.7 Å². The van der Waals surface area contributed by atoms with E-state index in [1.165, 1.54) is 0 Å². The van der Waals surface area contributed by atoms with Crippen molar-refractivity contribution in [3.8, 4) is 0 Å². The van der Waals surface area contributed by atoms with E-state index in [9.17, 15) is 0 Å². The molecule has 1 rings (SSSR count). The molecule has 0 atom stereocenters. The number of hydrogen-bond donors (Lipinski definition) is 3. The summed E-state index contributed by atoms with van der Waals surface area (Å²) in [6.07, 6.45) is 1.55. The summed E-state index contributed by atoms with van der Waals surface area (Å²) in [5.74, 6) is 0.418. The first-order valence-electron chi connectivity index (χ1n) is 3.09. The molecule has 0 aromatic carbocycles. The highest BCUT2D eigenvalue weighted by atomic mass is 15.1. The monoisotopic (exact) mass is 151 g/mol. The van der Waals surface area contributed by atoms with Gasteiger partial charge in [-0.2, -0.15) is 0 Å². The third-order valence-electron chi connectivity index (χ3n) is 1.16. The Bertz CT molecular complexity index is 269. The zero-order chi connectivity index (χ0) is 8.27. The number of nitrogens with two attached hydrogens (primary N) is 1. The average Bonchev–Trinajstić information content (AvgIpc) is 2.05. The van der Waals surface area contributed by atoms with Crippen LogP contribution in [0.3, 0.4) is 0 Å². The van der Waals surface area contributed by atoms with Gasteiger partial charge in [0.15, 0.2) is 0 Å². The summed E-state index contributed by atoms with van der Waals surface area (Å²) >= 11 is 0. The highest BCUT2D eigenvalue weighted by Crippen LogP contribution is 1.97. The lowest BCUT2D eigenvalue weighted by molar-refractivity contribution is 1.13. The number of rotatable bonds is 2. The molecule has 5 nitrogen and oxygen atoms in total. The second-order valence-electron chi connectivity index (χ2n) is 1.93. The fraction of sp³-hybridized carbons (Fsp3) is 0.167. The van der Waals surface area contributed by atoms with Gasteiger partial charge in [0, 0.05) is 13.2 Å². The summed E-state index contributed by atoms with van der Waals surface area (Å²) in [5, 5.41) is 9.81. The van der Waals surface area contributed by atoms with E-state index in [1.54, 1.807) is 19.3 Å². The maximum Gasteiger partial charge on any atom is 0.223 e. The maximum atomic E-state index is 7.07. The third kappa shape index (κ3) is 1.64. The Morgan fingerprint density at radius 1 is 1.73 bits per heavy atom. The fourth-order valence-electron chi connectivity index (χ4n) is 0.629. The van der Waals surface area contributed by atoms with Gasteiger partial charge in [-0.05, 0) is 6.07 Å². The van der Waals surface area contributed by atoms with Crippen LogP contribution in [0, 0.1) is 5.41 Å². The average molecular weight is 151 g/mol. The Balaban J connectivity index is 3.01. The molecule has 0 saturated carbocycles. The van der Waals surface area contributed by atoms with Crippen LogP contribution in [-0.4, -0.2) is 22.9 Å². The van der Waals surface area contributed by atoms with Crippen molar-refractivity contribution in [3.05, 3.63) is 18.0 Å². The normalized spacial score (nSPS) is 9.18. The van der Waals surface area contributed by atoms with Crippen LogP contribution in [0.4, 0.5) is 5.95 Å². The van der Waals surface area contributed by atoms with Gasteiger partial charge in [0.2, 0.25) is 5.95 Å². The first-order valence-corrected chi connectivity index (χ1v) is 3.09. The molecule has 0 aliphatic rings. The Labute approximate surface area is 64.2 Å². The Morgan fingerprint density at radius 3 is 3.00 bits per heavy atom. The molecule has 0 spiro atoms. The zero-order valence-electron chi connectivity index (χ0n) is 6.13. The Hall–Kier alpha value is -1.65. The second kappa shape index (κ2) is 2.96. The van der Waals surface area contributed by atoms with Crippen molar-refractivity contribution in [1.82, 2.24) is 9.97 Å². The quantitative estimate of drug-likeness (QED) is 0.403. The minimum Gasteiger partial charge on any atom is -0.382 e. The second-order valence-corrected chi connectivity index (χ2v) is 1.93. The molecule has 0 bridgehead atoms. The van der Waals surface area contributed by atoms with E-state index in [4.69, 9.17) is 11.1 Å². The van der Waals surface area contributed by atoms with Gasteiger partial charge in [-0.15, -0.1) is 0 Å². The van der Waals surface area contributed by atoms with Gasteiger partial charge >= 0.3 is 0 Å². The smallest absolute Gasteiger partial charge is 0.223 e. The molecule has 5 heteroatoms. The molecule has 0 unspecified atom stereocenters. The number of anilines is 1. The zero-order valence-corrected chi connectivity index (χ0v) is 6.13. The van der Waals surface area contributed by atoms with E-state index >= 15 is 0 Å². The molecule has 1 aromatic rings. The number of amidine groups is 1. The Morgan fingerprint density at radius 2 is 2.45 bits per heavy atom. The van der Waals surface area contributed by atoms with Crippen LogP contribution in [0.5, 0.6) is 0 Å². The highest BCUT2D eigenvalue weighted by molar-refractivity contribution is 5.93. The van der Waals surface area contributed by atoms with E-state index in [2.05, 4.69) is 15.3 Å². The van der Waals surface area contributed by atoms with Crippen molar-refractivity contribution in [2.24, 2.45) is 5.73 Å². The molecule has 0 radical (unpaired) electrons. The van der Waals surface area contributed by atoms with Crippen molar-refractivity contribution in [3.63, 3.8) is 0 Å². The largest absolute Gasteiger partial charge is 0.382 e. The van der Waals surface area contributed by atoms with Crippen molar-refractivity contribution < 1.29 is 0 Å². The van der Waals surface area contributed by atoms with Gasteiger partial charge in [-0.3, -0.25) is 5.41 Å². The highest BCUT2D eigenvalue weighted by Gasteiger charge is 1.98. The van der Waals surface area contributed by atoms with Crippen molar-refractivity contribution in [1.29, 1.82) is 5.41 Å². The van der Waals surface area contributed by atoms with Gasteiger partial charge in [-0.1, -0.05) is 0 Å². The third-order valence-corrected chi connectivity index (χ3v) is 1.16. The predicted molar refractivity (Wildman–Crippen MR) is 42.6 cm³/mol. The van der Waals surface area contributed by atoms with Crippen molar-refractivity contribution >= 4 is 11.8 Å².